The summed E-state index contributed by atoms with van der Waals surface area (Å²) in [6, 6.07) is 5.85. The lowest BCUT2D eigenvalue weighted by Gasteiger charge is -2.38. The van der Waals surface area contributed by atoms with E-state index in [0.29, 0.717) is 23.6 Å². The van der Waals surface area contributed by atoms with Crippen LogP contribution in [-0.2, 0) is 23.9 Å². The van der Waals surface area contributed by atoms with Gasteiger partial charge in [0, 0.05) is 23.8 Å². The standard InChI is InChI=1S/C25H27ClN2O6/c1-2-24-10-3-4-15-33-23(32)19(24)18-21(30)28(13-14-29)20-22(31)27(12-5-11-25(18,20)34-24)17-8-6-16(26)7-9-17/h3,5-11,18-20,29H,2,4,12-15H2,1H3/t18-,19-,20?,24+,25-/m0/s1. The minimum Gasteiger partial charge on any atom is -0.465 e. The summed E-state index contributed by atoms with van der Waals surface area (Å²) in [5, 5.41) is 10.3. The molecule has 4 aliphatic heterocycles. The molecular formula is C25H27ClN2O6. The van der Waals surface area contributed by atoms with Gasteiger partial charge in [-0.3, -0.25) is 14.4 Å². The van der Waals surface area contributed by atoms with Gasteiger partial charge in [-0.1, -0.05) is 42.8 Å². The minimum absolute atomic E-state index is 0.0458. The number of carbonyl (C=O) groups excluding carboxylic acids is 3. The van der Waals surface area contributed by atoms with Crippen LogP contribution in [0.3, 0.4) is 0 Å². The predicted octanol–water partition coefficient (Wildman–Crippen LogP) is 2.10. The molecule has 0 bridgehead atoms. The molecule has 180 valence electrons. The van der Waals surface area contributed by atoms with E-state index in [2.05, 4.69) is 0 Å². The highest BCUT2D eigenvalue weighted by Crippen LogP contribution is 2.58. The van der Waals surface area contributed by atoms with Crippen molar-refractivity contribution in [1.82, 2.24) is 4.90 Å². The van der Waals surface area contributed by atoms with E-state index in [1.165, 1.54) is 4.90 Å². The number of fused-ring (bicyclic) bond motifs is 2. The van der Waals surface area contributed by atoms with Crippen molar-refractivity contribution in [2.24, 2.45) is 11.8 Å². The number of benzene rings is 1. The molecule has 2 fully saturated rings. The van der Waals surface area contributed by atoms with Crippen LogP contribution in [0.25, 0.3) is 0 Å². The fourth-order valence-corrected chi connectivity index (χ4v) is 6.05. The second kappa shape index (κ2) is 8.52. The first-order valence-corrected chi connectivity index (χ1v) is 12.0. The molecule has 9 heteroatoms. The van der Waals surface area contributed by atoms with Crippen LogP contribution in [-0.4, -0.2) is 71.3 Å². The van der Waals surface area contributed by atoms with Crippen molar-refractivity contribution in [2.45, 2.75) is 37.0 Å². The van der Waals surface area contributed by atoms with E-state index in [0.717, 1.165) is 0 Å². The molecule has 0 saturated carbocycles. The third-order valence-corrected chi connectivity index (χ3v) is 7.63. The number of rotatable bonds is 4. The van der Waals surface area contributed by atoms with Crippen molar-refractivity contribution in [3.05, 3.63) is 53.6 Å². The van der Waals surface area contributed by atoms with Gasteiger partial charge in [0.05, 0.1) is 19.1 Å². The normalized spacial score (nSPS) is 34.8. The van der Waals surface area contributed by atoms with E-state index in [4.69, 9.17) is 21.1 Å². The Labute approximate surface area is 202 Å². The lowest BCUT2D eigenvalue weighted by atomic mass is 9.73. The second-order valence-electron chi connectivity index (χ2n) is 9.06. The number of anilines is 1. The van der Waals surface area contributed by atoms with Gasteiger partial charge in [-0.25, -0.2) is 0 Å². The van der Waals surface area contributed by atoms with E-state index >= 15 is 0 Å². The molecule has 34 heavy (non-hydrogen) atoms. The van der Waals surface area contributed by atoms with Gasteiger partial charge >= 0.3 is 5.97 Å². The van der Waals surface area contributed by atoms with E-state index in [1.54, 1.807) is 35.2 Å². The Balaban J connectivity index is 1.66. The number of esters is 1. The van der Waals surface area contributed by atoms with Crippen LogP contribution in [0.1, 0.15) is 19.8 Å². The van der Waals surface area contributed by atoms with Crippen LogP contribution in [0.15, 0.2) is 48.6 Å². The van der Waals surface area contributed by atoms with Crippen LogP contribution in [0, 0.1) is 11.8 Å². The molecule has 2 saturated heterocycles. The third kappa shape index (κ3) is 3.23. The first-order valence-electron chi connectivity index (χ1n) is 11.6. The Bertz CT molecular complexity index is 1070. The number of aliphatic hydroxyl groups is 1. The first-order chi connectivity index (χ1) is 16.4. The summed E-state index contributed by atoms with van der Waals surface area (Å²) in [7, 11) is 0. The monoisotopic (exact) mass is 486 g/mol. The number of carbonyl (C=O) groups is 3. The Morgan fingerprint density at radius 1 is 1.09 bits per heavy atom. The highest BCUT2D eigenvalue weighted by atomic mass is 35.5. The Hall–Kier alpha value is -2.68. The van der Waals surface area contributed by atoms with Gasteiger partial charge in [0.15, 0.2) is 0 Å². The molecule has 5 rings (SSSR count). The molecule has 1 N–H and O–H groups in total. The summed E-state index contributed by atoms with van der Waals surface area (Å²) in [5.41, 5.74) is -1.80. The number of hydrogen-bond donors (Lipinski definition) is 1. The first kappa shape index (κ1) is 23.1. The zero-order valence-corrected chi connectivity index (χ0v) is 19.6. The fraction of sp³-hybridized carbons (Fsp3) is 0.480. The fourth-order valence-electron chi connectivity index (χ4n) is 5.93. The van der Waals surface area contributed by atoms with Gasteiger partial charge < -0.3 is 24.4 Å². The molecule has 4 aliphatic rings. The molecule has 1 aromatic carbocycles. The third-order valence-electron chi connectivity index (χ3n) is 7.38. The SMILES string of the molecule is CC[C@@]12C=CCCOC(=O)[C@@H]1[C@H]1C(=O)N(CCO)C3C(=O)N(c4ccc(Cl)cc4)CC=C[C@@]31O2. The molecule has 1 unspecified atom stereocenters. The maximum absolute atomic E-state index is 14.1. The quantitative estimate of drug-likeness (QED) is 0.517. The molecule has 0 aromatic heterocycles. The summed E-state index contributed by atoms with van der Waals surface area (Å²) in [6.45, 7) is 2.02. The highest BCUT2D eigenvalue weighted by molar-refractivity contribution is 6.30. The second-order valence-corrected chi connectivity index (χ2v) is 9.50. The Morgan fingerprint density at radius 2 is 1.85 bits per heavy atom. The number of aliphatic hydroxyl groups excluding tert-OH is 1. The van der Waals surface area contributed by atoms with Crippen LogP contribution >= 0.6 is 11.6 Å². The van der Waals surface area contributed by atoms with Gasteiger partial charge in [-0.15, -0.1) is 0 Å². The van der Waals surface area contributed by atoms with Crippen molar-refractivity contribution >= 4 is 35.1 Å². The number of likely N-dealkylation sites (tertiary alicyclic amines) is 1. The molecule has 1 spiro atoms. The Morgan fingerprint density at radius 3 is 2.56 bits per heavy atom. The van der Waals surface area contributed by atoms with Crippen LogP contribution in [0.4, 0.5) is 5.69 Å². The number of halogens is 1. The summed E-state index contributed by atoms with van der Waals surface area (Å²) in [5.74, 6) is -3.06. The number of cyclic esters (lactones) is 1. The lowest BCUT2D eigenvalue weighted by molar-refractivity contribution is -0.160. The molecule has 5 atom stereocenters. The van der Waals surface area contributed by atoms with Gasteiger partial charge in [-0.2, -0.15) is 0 Å². The Kier molecular flexibility index (Phi) is 5.78. The highest BCUT2D eigenvalue weighted by Gasteiger charge is 2.75. The molecular weight excluding hydrogens is 460 g/mol. The molecule has 8 nitrogen and oxygen atoms in total. The van der Waals surface area contributed by atoms with Crippen molar-refractivity contribution < 1.29 is 29.0 Å². The number of β-amino-alcohol motifs (C(OH)–C–C–N with tert-alkyl or cyclic N) is 1. The van der Waals surface area contributed by atoms with Crippen LogP contribution in [0.2, 0.25) is 5.02 Å². The van der Waals surface area contributed by atoms with Crippen molar-refractivity contribution in [2.75, 3.05) is 31.2 Å². The van der Waals surface area contributed by atoms with E-state index in [1.807, 2.05) is 25.2 Å². The topological polar surface area (TPSA) is 96.4 Å². The minimum atomic E-state index is -1.36. The van der Waals surface area contributed by atoms with Crippen molar-refractivity contribution in [1.29, 1.82) is 0 Å². The van der Waals surface area contributed by atoms with E-state index in [-0.39, 0.29) is 38.1 Å². The average Bonchev–Trinajstić information content (AvgIpc) is 3.15. The van der Waals surface area contributed by atoms with E-state index in [9.17, 15) is 19.5 Å². The zero-order valence-electron chi connectivity index (χ0n) is 18.9. The summed E-state index contributed by atoms with van der Waals surface area (Å²) < 4.78 is 12.2. The number of ether oxygens (including phenoxy) is 2. The van der Waals surface area contributed by atoms with Crippen LogP contribution < -0.4 is 4.90 Å². The summed E-state index contributed by atoms with van der Waals surface area (Å²) in [4.78, 5) is 44.0. The zero-order chi connectivity index (χ0) is 24.1. The largest absolute Gasteiger partial charge is 0.465 e. The van der Waals surface area contributed by atoms with Crippen LogP contribution in [0.5, 0.6) is 0 Å². The predicted molar refractivity (Wildman–Crippen MR) is 124 cm³/mol. The molecule has 2 amide bonds. The van der Waals surface area contributed by atoms with Gasteiger partial charge in [-0.05, 0) is 37.1 Å². The average molecular weight is 487 g/mol. The van der Waals surface area contributed by atoms with Gasteiger partial charge in [0.1, 0.15) is 23.2 Å². The summed E-state index contributed by atoms with van der Waals surface area (Å²) in [6.07, 6.45) is 8.35. The van der Waals surface area contributed by atoms with Gasteiger partial charge in [0.25, 0.3) is 5.91 Å². The maximum atomic E-state index is 14.1. The summed E-state index contributed by atoms with van der Waals surface area (Å²) >= 11 is 6.04. The van der Waals surface area contributed by atoms with E-state index < -0.39 is 35.0 Å². The molecule has 1 aromatic rings. The maximum Gasteiger partial charge on any atom is 0.313 e. The van der Waals surface area contributed by atoms with Crippen molar-refractivity contribution in [3.8, 4) is 0 Å². The van der Waals surface area contributed by atoms with Gasteiger partial charge in [0.2, 0.25) is 5.91 Å². The number of hydrogen-bond acceptors (Lipinski definition) is 6. The number of amides is 2. The van der Waals surface area contributed by atoms with Crippen molar-refractivity contribution in [3.63, 3.8) is 0 Å². The lowest BCUT2D eigenvalue weighted by Crippen LogP contribution is -2.56. The molecule has 4 heterocycles. The number of nitrogens with zero attached hydrogens (tertiary/aromatic N) is 2. The molecule has 0 aliphatic carbocycles. The smallest absolute Gasteiger partial charge is 0.313 e. The molecule has 0 radical (unpaired) electrons.